The molecule has 4 heterocycles. The van der Waals surface area contributed by atoms with Gasteiger partial charge in [-0.3, -0.25) is 9.69 Å². The first-order chi connectivity index (χ1) is 17.6. The number of carbonyl (C=O) groups is 1. The highest BCUT2D eigenvalue weighted by atomic mass is 32.1. The van der Waals surface area contributed by atoms with E-state index in [1.807, 2.05) is 37.3 Å². The number of Topliss-reactive ketones (excluding diaryl/α,β-unsaturated/α-hetero) is 1. The molecular formula is C29H28N2O4S. The van der Waals surface area contributed by atoms with Gasteiger partial charge >= 0.3 is 0 Å². The molecule has 0 saturated heterocycles. The number of allylic oxidation sites excluding steroid dienone is 1. The lowest BCUT2D eigenvalue weighted by Gasteiger charge is -2.30. The molecular weight excluding hydrogens is 472 g/mol. The molecule has 2 aliphatic rings. The first kappa shape index (κ1) is 22.9. The molecule has 6 nitrogen and oxygen atoms in total. The van der Waals surface area contributed by atoms with Crippen molar-refractivity contribution in [2.24, 2.45) is 0 Å². The lowest BCUT2D eigenvalue weighted by molar-refractivity contribution is 0.0956. The number of nitrogens with zero attached hydrogens (tertiary/aromatic N) is 2. The number of benzene rings is 2. The lowest BCUT2D eigenvalue weighted by atomic mass is 10.00. The summed E-state index contributed by atoms with van der Waals surface area (Å²) in [7, 11) is 1.66. The second-order valence-electron chi connectivity index (χ2n) is 9.22. The minimum Gasteiger partial charge on any atom is -0.497 e. The van der Waals surface area contributed by atoms with Crippen LogP contribution in [0.1, 0.15) is 38.8 Å². The fourth-order valence-electron chi connectivity index (χ4n) is 5.11. The van der Waals surface area contributed by atoms with Crippen LogP contribution in [0.4, 0.5) is 0 Å². The van der Waals surface area contributed by atoms with Crippen molar-refractivity contribution >= 4 is 34.1 Å². The van der Waals surface area contributed by atoms with Crippen LogP contribution in [-0.2, 0) is 19.5 Å². The summed E-state index contributed by atoms with van der Waals surface area (Å²) < 4.78 is 19.9. The number of rotatable bonds is 6. The summed E-state index contributed by atoms with van der Waals surface area (Å²) in [6.45, 7) is 7.11. The van der Waals surface area contributed by atoms with Crippen molar-refractivity contribution in [1.29, 1.82) is 0 Å². The highest BCUT2D eigenvalue weighted by molar-refractivity contribution is 7.09. The number of aryl methyl sites for hydroxylation is 1. The van der Waals surface area contributed by atoms with Crippen molar-refractivity contribution < 1.29 is 19.0 Å². The Balaban J connectivity index is 1.30. The minimum atomic E-state index is -0.0908. The molecule has 6 rings (SSSR count). The Morgan fingerprint density at radius 2 is 2.08 bits per heavy atom. The molecule has 0 radical (unpaired) electrons. The van der Waals surface area contributed by atoms with Gasteiger partial charge in [-0.2, -0.15) is 0 Å². The Bertz CT molecular complexity index is 1500. The van der Waals surface area contributed by atoms with Crippen LogP contribution >= 0.6 is 11.3 Å². The number of aromatic nitrogens is 1. The number of methoxy groups -OCH3 is 1. The molecule has 2 aliphatic heterocycles. The van der Waals surface area contributed by atoms with Crippen LogP contribution in [0.5, 0.6) is 17.2 Å². The largest absolute Gasteiger partial charge is 0.497 e. The van der Waals surface area contributed by atoms with E-state index in [1.165, 1.54) is 4.88 Å². The SMILES string of the molecule is CCn1cc(/C=C2\Oc3c(cc4c(c3C)OCN(CCc3cccs3)C4)C2=O)c2cc(OC)ccc21. The average molecular weight is 501 g/mol. The van der Waals surface area contributed by atoms with Gasteiger partial charge in [0.1, 0.15) is 24.0 Å². The van der Waals surface area contributed by atoms with E-state index in [4.69, 9.17) is 14.2 Å². The third kappa shape index (κ3) is 3.88. The predicted octanol–water partition coefficient (Wildman–Crippen LogP) is 6.05. The Morgan fingerprint density at radius 1 is 1.19 bits per heavy atom. The van der Waals surface area contributed by atoms with Crippen molar-refractivity contribution in [3.63, 3.8) is 0 Å². The monoisotopic (exact) mass is 500 g/mol. The maximum absolute atomic E-state index is 13.5. The van der Waals surface area contributed by atoms with Gasteiger partial charge in [0, 0.05) is 58.3 Å². The normalized spacial score (nSPS) is 16.2. The third-order valence-electron chi connectivity index (χ3n) is 7.00. The summed E-state index contributed by atoms with van der Waals surface area (Å²) in [5.74, 6) is 2.47. The molecule has 0 N–H and O–H groups in total. The number of fused-ring (bicyclic) bond motifs is 3. The van der Waals surface area contributed by atoms with Crippen molar-refractivity contribution in [3.8, 4) is 17.2 Å². The molecule has 0 fully saturated rings. The summed E-state index contributed by atoms with van der Waals surface area (Å²) in [5.41, 5.74) is 4.55. The molecule has 0 spiro atoms. The summed E-state index contributed by atoms with van der Waals surface area (Å²) >= 11 is 1.78. The Hall–Kier alpha value is -3.55. The molecule has 0 amide bonds. The molecule has 0 atom stereocenters. The maximum Gasteiger partial charge on any atom is 0.231 e. The molecule has 184 valence electrons. The van der Waals surface area contributed by atoms with Gasteiger partial charge in [-0.1, -0.05) is 6.07 Å². The topological polar surface area (TPSA) is 52.9 Å². The Kier molecular flexibility index (Phi) is 5.82. The van der Waals surface area contributed by atoms with Crippen LogP contribution in [0.2, 0.25) is 0 Å². The lowest BCUT2D eigenvalue weighted by Crippen LogP contribution is -2.34. The van der Waals surface area contributed by atoms with E-state index < -0.39 is 0 Å². The first-order valence-corrected chi connectivity index (χ1v) is 13.1. The van der Waals surface area contributed by atoms with E-state index in [0.717, 1.165) is 65.1 Å². The van der Waals surface area contributed by atoms with E-state index in [1.54, 1.807) is 18.4 Å². The van der Waals surface area contributed by atoms with E-state index >= 15 is 0 Å². The fourth-order valence-corrected chi connectivity index (χ4v) is 5.81. The summed E-state index contributed by atoms with van der Waals surface area (Å²) in [6, 6.07) is 12.2. The van der Waals surface area contributed by atoms with Crippen LogP contribution in [0, 0.1) is 6.92 Å². The third-order valence-corrected chi connectivity index (χ3v) is 7.94. The Morgan fingerprint density at radius 3 is 2.86 bits per heavy atom. The molecule has 0 saturated carbocycles. The fraction of sp³-hybridized carbons (Fsp3) is 0.276. The van der Waals surface area contributed by atoms with Crippen molar-refractivity contribution in [2.75, 3.05) is 20.4 Å². The summed E-state index contributed by atoms with van der Waals surface area (Å²) in [5, 5.41) is 3.13. The molecule has 4 aromatic rings. The summed E-state index contributed by atoms with van der Waals surface area (Å²) in [6.07, 6.45) is 4.90. The van der Waals surface area contributed by atoms with Crippen LogP contribution in [-0.4, -0.2) is 35.6 Å². The number of carbonyl (C=O) groups excluding carboxylic acids is 1. The van der Waals surface area contributed by atoms with Gasteiger partial charge in [0.2, 0.25) is 5.78 Å². The second kappa shape index (κ2) is 9.15. The molecule has 2 aromatic heterocycles. The van der Waals surface area contributed by atoms with Crippen LogP contribution in [0.3, 0.4) is 0 Å². The smallest absolute Gasteiger partial charge is 0.231 e. The maximum atomic E-state index is 13.5. The van der Waals surface area contributed by atoms with Gasteiger partial charge in [-0.25, -0.2) is 0 Å². The minimum absolute atomic E-state index is 0.0908. The van der Waals surface area contributed by atoms with E-state index in [0.29, 0.717) is 23.8 Å². The number of ketones is 1. The van der Waals surface area contributed by atoms with Crippen LogP contribution in [0.25, 0.3) is 17.0 Å². The first-order valence-electron chi connectivity index (χ1n) is 12.2. The van der Waals surface area contributed by atoms with Crippen molar-refractivity contribution in [3.05, 3.63) is 80.9 Å². The zero-order valence-corrected chi connectivity index (χ0v) is 21.5. The van der Waals surface area contributed by atoms with Crippen molar-refractivity contribution in [2.45, 2.75) is 33.4 Å². The number of thiophene rings is 1. The molecule has 0 bridgehead atoms. The molecule has 2 aromatic carbocycles. The van der Waals surface area contributed by atoms with E-state index in [9.17, 15) is 4.79 Å². The highest BCUT2D eigenvalue weighted by Gasteiger charge is 2.33. The average Bonchev–Trinajstić information content (AvgIpc) is 3.62. The van der Waals surface area contributed by atoms with Crippen LogP contribution in [0.15, 0.2) is 53.7 Å². The van der Waals surface area contributed by atoms with Gasteiger partial charge in [0.15, 0.2) is 5.76 Å². The van der Waals surface area contributed by atoms with Crippen molar-refractivity contribution in [1.82, 2.24) is 9.47 Å². The number of hydrogen-bond acceptors (Lipinski definition) is 6. The van der Waals surface area contributed by atoms with Gasteiger partial charge in [-0.05, 0) is 62.1 Å². The van der Waals surface area contributed by atoms with E-state index in [2.05, 4.69) is 40.1 Å². The van der Waals surface area contributed by atoms with Gasteiger partial charge in [-0.15, -0.1) is 11.3 Å². The zero-order chi connectivity index (χ0) is 24.8. The van der Waals surface area contributed by atoms with Gasteiger partial charge in [0.05, 0.1) is 12.7 Å². The van der Waals surface area contributed by atoms with E-state index in [-0.39, 0.29) is 5.78 Å². The highest BCUT2D eigenvalue weighted by Crippen LogP contribution is 2.43. The Labute approximate surface area is 214 Å². The zero-order valence-electron chi connectivity index (χ0n) is 20.7. The molecule has 0 unspecified atom stereocenters. The molecule has 7 heteroatoms. The number of ether oxygens (including phenoxy) is 3. The molecule has 0 aliphatic carbocycles. The van der Waals surface area contributed by atoms with Crippen LogP contribution < -0.4 is 14.2 Å². The standard InChI is InChI=1S/C29H28N2O4S/c1-4-31-16-19(23-14-21(33-3)7-8-25(23)31)13-26-27(32)24-12-20-15-30(10-9-22-6-5-11-36-22)17-34-28(20)18(2)29(24)35-26/h5-8,11-14,16H,4,9-10,15,17H2,1-3H3/b26-13-. The second-order valence-corrected chi connectivity index (χ2v) is 10.2. The van der Waals surface area contributed by atoms with Gasteiger partial charge in [0.25, 0.3) is 0 Å². The summed E-state index contributed by atoms with van der Waals surface area (Å²) in [4.78, 5) is 17.1. The van der Waals surface area contributed by atoms with Gasteiger partial charge < -0.3 is 18.8 Å². The number of hydrogen-bond donors (Lipinski definition) is 0. The quantitative estimate of drug-likeness (QED) is 0.302. The predicted molar refractivity (Wildman–Crippen MR) is 142 cm³/mol. The molecule has 36 heavy (non-hydrogen) atoms.